The smallest absolute Gasteiger partial charge is 0.254 e. The lowest BCUT2D eigenvalue weighted by molar-refractivity contribution is -0.116. The van der Waals surface area contributed by atoms with Crippen LogP contribution in [0.1, 0.15) is 62.2 Å². The molecule has 0 unspecified atom stereocenters. The lowest BCUT2D eigenvalue weighted by Crippen LogP contribution is -2.34. The fraction of sp³-hybridized carbons (Fsp3) is 0.481. The summed E-state index contributed by atoms with van der Waals surface area (Å²) in [6.07, 6.45) is 8.31. The highest BCUT2D eigenvalue weighted by atomic mass is 19.1. The van der Waals surface area contributed by atoms with E-state index in [4.69, 9.17) is 9.26 Å². The Morgan fingerprint density at radius 2 is 1.97 bits per heavy atom. The minimum Gasteiger partial charge on any atom is -0.493 e. The Bertz CT molecular complexity index is 1220. The van der Waals surface area contributed by atoms with Crippen molar-refractivity contribution in [3.63, 3.8) is 0 Å². The number of hydrogen-bond donors (Lipinski definition) is 1. The number of carbonyl (C=O) groups excluding carboxylic acids is 2. The van der Waals surface area contributed by atoms with Gasteiger partial charge >= 0.3 is 0 Å². The van der Waals surface area contributed by atoms with E-state index in [1.807, 2.05) is 6.92 Å². The number of anilines is 1. The number of carbonyl (C=O) groups is 2. The molecule has 1 aromatic carbocycles. The van der Waals surface area contributed by atoms with E-state index in [0.29, 0.717) is 42.4 Å². The highest BCUT2D eigenvalue weighted by Gasteiger charge is 2.21. The number of ketones is 1. The molecular weight excluding hydrogens is 491 g/mol. The maximum absolute atomic E-state index is 14.4. The largest absolute Gasteiger partial charge is 0.493 e. The van der Waals surface area contributed by atoms with Crippen molar-refractivity contribution in [1.29, 1.82) is 0 Å². The molecule has 38 heavy (non-hydrogen) atoms. The summed E-state index contributed by atoms with van der Waals surface area (Å²) in [5, 5.41) is 6.50. The molecule has 2 aromatic heterocycles. The lowest BCUT2D eigenvalue weighted by Gasteiger charge is -2.32. The van der Waals surface area contributed by atoms with Gasteiger partial charge in [0, 0.05) is 50.9 Å². The minimum atomic E-state index is -0.645. The fourth-order valence-electron chi connectivity index (χ4n) is 4.32. The summed E-state index contributed by atoms with van der Waals surface area (Å²) < 4.78 is 25.2. The third kappa shape index (κ3) is 7.33. The maximum atomic E-state index is 14.4. The normalized spacial score (nSPS) is 13.9. The van der Waals surface area contributed by atoms with Crippen LogP contribution in [0.2, 0.25) is 0 Å². The number of Topliss-reactive ketones (excluding diaryl/α,β-unsaturated/α-hetero) is 1. The van der Waals surface area contributed by atoms with Crippen molar-refractivity contribution >= 4 is 17.6 Å². The van der Waals surface area contributed by atoms with Crippen LogP contribution in [0, 0.1) is 11.7 Å². The van der Waals surface area contributed by atoms with Gasteiger partial charge in [-0.1, -0.05) is 12.1 Å². The number of hydrogen-bond acceptors (Lipinski definition) is 9. The molecule has 0 saturated carbocycles. The number of rotatable bonds is 12. The summed E-state index contributed by atoms with van der Waals surface area (Å²) in [5.74, 6) is 1.54. The van der Waals surface area contributed by atoms with Crippen LogP contribution in [0.3, 0.4) is 0 Å². The Labute approximate surface area is 221 Å². The number of piperidine rings is 1. The Kier molecular flexibility index (Phi) is 9.34. The van der Waals surface area contributed by atoms with Crippen molar-refractivity contribution in [2.45, 2.75) is 52.4 Å². The Morgan fingerprint density at radius 1 is 1.21 bits per heavy atom. The highest BCUT2D eigenvalue weighted by molar-refractivity contribution is 5.94. The van der Waals surface area contributed by atoms with Crippen molar-refractivity contribution in [3.05, 3.63) is 47.9 Å². The molecule has 4 rings (SSSR count). The van der Waals surface area contributed by atoms with E-state index in [9.17, 15) is 14.0 Å². The molecule has 0 radical (unpaired) electrons. The van der Waals surface area contributed by atoms with E-state index in [2.05, 4.69) is 30.3 Å². The zero-order valence-electron chi connectivity index (χ0n) is 21.8. The SMILES string of the molecule is CCc1nc(-c2cnc(N3CCC(CCCOc4ccc(C(=O)NCCC(C)=O)c(F)c4)CC3)nc2)no1. The molecule has 0 bridgehead atoms. The summed E-state index contributed by atoms with van der Waals surface area (Å²) in [7, 11) is 0. The predicted molar refractivity (Wildman–Crippen MR) is 138 cm³/mol. The van der Waals surface area contributed by atoms with Gasteiger partial charge in [0.15, 0.2) is 0 Å². The molecule has 3 heterocycles. The predicted octanol–water partition coefficient (Wildman–Crippen LogP) is 4.01. The molecule has 1 N–H and O–H groups in total. The van der Waals surface area contributed by atoms with Crippen molar-refractivity contribution in [2.24, 2.45) is 5.92 Å². The number of aromatic nitrogens is 4. The molecule has 1 fully saturated rings. The number of nitrogens with one attached hydrogen (secondary N) is 1. The van der Waals surface area contributed by atoms with Crippen LogP contribution in [0.5, 0.6) is 5.75 Å². The van der Waals surface area contributed by atoms with Gasteiger partial charge < -0.3 is 19.5 Å². The molecule has 1 amide bonds. The quantitative estimate of drug-likeness (QED) is 0.350. The van der Waals surface area contributed by atoms with Crippen molar-refractivity contribution in [2.75, 3.05) is 31.1 Å². The van der Waals surface area contributed by atoms with Gasteiger partial charge in [-0.15, -0.1) is 0 Å². The Morgan fingerprint density at radius 3 is 2.63 bits per heavy atom. The first-order chi connectivity index (χ1) is 18.4. The standard InChI is InChI=1S/C27H33FN6O4/c1-3-24-32-25(33-38-24)20-16-30-27(31-17-20)34-12-9-19(10-13-34)5-4-14-37-21-6-7-22(23(28)15-21)26(36)29-11-8-18(2)35/h6-7,15-17,19H,3-5,8-14H2,1-2H3,(H,29,36). The number of nitrogens with zero attached hydrogens (tertiary/aromatic N) is 5. The number of benzene rings is 1. The zero-order chi connectivity index (χ0) is 26.9. The molecule has 0 spiro atoms. The molecule has 11 heteroatoms. The van der Waals surface area contributed by atoms with E-state index in [0.717, 1.165) is 44.3 Å². The molecule has 1 saturated heterocycles. The number of aryl methyl sites for hydroxylation is 1. The summed E-state index contributed by atoms with van der Waals surface area (Å²) in [6.45, 7) is 5.83. The van der Waals surface area contributed by atoms with Gasteiger partial charge in [0.2, 0.25) is 17.7 Å². The number of ether oxygens (including phenoxy) is 1. The van der Waals surface area contributed by atoms with Gasteiger partial charge in [0.25, 0.3) is 5.91 Å². The topological polar surface area (TPSA) is 123 Å². The first kappa shape index (κ1) is 27.2. The second-order valence-corrected chi connectivity index (χ2v) is 9.41. The van der Waals surface area contributed by atoms with Crippen LogP contribution in [-0.2, 0) is 11.2 Å². The van der Waals surface area contributed by atoms with Crippen LogP contribution in [0.25, 0.3) is 11.4 Å². The number of halogens is 1. The van der Waals surface area contributed by atoms with Crippen LogP contribution in [0.4, 0.5) is 10.3 Å². The third-order valence-corrected chi connectivity index (χ3v) is 6.54. The second kappa shape index (κ2) is 13.1. The number of amides is 1. The minimum absolute atomic E-state index is 0.0352. The first-order valence-electron chi connectivity index (χ1n) is 13.0. The van der Waals surface area contributed by atoms with Crippen molar-refractivity contribution in [1.82, 2.24) is 25.4 Å². The monoisotopic (exact) mass is 524 g/mol. The molecule has 1 aliphatic rings. The van der Waals surface area contributed by atoms with E-state index >= 15 is 0 Å². The van der Waals surface area contributed by atoms with Gasteiger partial charge in [-0.3, -0.25) is 9.59 Å². The summed E-state index contributed by atoms with van der Waals surface area (Å²) >= 11 is 0. The average molecular weight is 525 g/mol. The summed E-state index contributed by atoms with van der Waals surface area (Å²) in [5.41, 5.74) is 0.668. The van der Waals surface area contributed by atoms with E-state index in [1.165, 1.54) is 19.1 Å². The molecule has 202 valence electrons. The second-order valence-electron chi connectivity index (χ2n) is 9.41. The van der Waals surface area contributed by atoms with E-state index < -0.39 is 11.7 Å². The van der Waals surface area contributed by atoms with Crippen LogP contribution >= 0.6 is 0 Å². The van der Waals surface area contributed by atoms with E-state index in [-0.39, 0.29) is 24.3 Å². The van der Waals surface area contributed by atoms with E-state index in [1.54, 1.807) is 18.5 Å². The summed E-state index contributed by atoms with van der Waals surface area (Å²) in [6, 6.07) is 4.22. The average Bonchev–Trinajstić information content (AvgIpc) is 3.41. The van der Waals surface area contributed by atoms with Gasteiger partial charge in [-0.25, -0.2) is 14.4 Å². The Balaban J connectivity index is 1.16. The highest BCUT2D eigenvalue weighted by Crippen LogP contribution is 2.25. The van der Waals surface area contributed by atoms with Gasteiger partial charge in [0.05, 0.1) is 17.7 Å². The van der Waals surface area contributed by atoms with Crippen LogP contribution in [-0.4, -0.2) is 58.0 Å². The van der Waals surface area contributed by atoms with Gasteiger partial charge in [-0.05, 0) is 50.7 Å². The van der Waals surface area contributed by atoms with Gasteiger partial charge in [-0.2, -0.15) is 4.98 Å². The molecule has 10 nitrogen and oxygen atoms in total. The molecular formula is C27H33FN6O4. The van der Waals surface area contributed by atoms with Gasteiger partial charge in [0.1, 0.15) is 17.3 Å². The molecule has 0 atom stereocenters. The zero-order valence-corrected chi connectivity index (χ0v) is 21.8. The summed E-state index contributed by atoms with van der Waals surface area (Å²) in [4.78, 5) is 38.5. The molecule has 0 aliphatic carbocycles. The maximum Gasteiger partial charge on any atom is 0.254 e. The Hall–Kier alpha value is -3.89. The fourth-order valence-corrected chi connectivity index (χ4v) is 4.32. The molecule has 1 aliphatic heterocycles. The van der Waals surface area contributed by atoms with Crippen molar-refractivity contribution in [3.8, 4) is 17.1 Å². The first-order valence-corrected chi connectivity index (χ1v) is 13.0. The lowest BCUT2D eigenvalue weighted by atomic mass is 9.92. The van der Waals surface area contributed by atoms with Crippen LogP contribution in [0.15, 0.2) is 35.1 Å². The van der Waals surface area contributed by atoms with Crippen molar-refractivity contribution < 1.29 is 23.2 Å². The molecule has 3 aromatic rings. The third-order valence-electron chi connectivity index (χ3n) is 6.54. The van der Waals surface area contributed by atoms with Crippen LogP contribution < -0.4 is 15.0 Å².